The van der Waals surface area contributed by atoms with E-state index in [4.69, 9.17) is 14.2 Å². The summed E-state index contributed by atoms with van der Waals surface area (Å²) in [6.45, 7) is 4.95. The zero-order valence-corrected chi connectivity index (χ0v) is 22.1. The molecule has 1 aromatic heterocycles. The Hall–Kier alpha value is -5.29. The normalized spacial score (nSPS) is 15.4. The number of esters is 1. The summed E-state index contributed by atoms with van der Waals surface area (Å²) in [4.78, 5) is 50.8. The zero-order chi connectivity index (χ0) is 29.5. The lowest BCUT2D eigenvalue weighted by molar-refractivity contribution is -0.394. The number of morpholine rings is 2. The van der Waals surface area contributed by atoms with Gasteiger partial charge in [-0.1, -0.05) is 0 Å². The molecule has 42 heavy (non-hydrogen) atoms. The molecule has 0 amide bonds. The van der Waals surface area contributed by atoms with Gasteiger partial charge < -0.3 is 24.0 Å². The monoisotopic (exact) mass is 579 g/mol. The van der Waals surface area contributed by atoms with E-state index in [0.717, 1.165) is 18.2 Å². The molecule has 2 fully saturated rings. The van der Waals surface area contributed by atoms with Crippen molar-refractivity contribution in [2.24, 2.45) is 5.10 Å². The molecule has 3 aromatic rings. The van der Waals surface area contributed by atoms with Crippen LogP contribution in [-0.2, 0) is 9.47 Å². The van der Waals surface area contributed by atoms with E-state index < -0.39 is 27.2 Å². The van der Waals surface area contributed by atoms with E-state index in [1.165, 1.54) is 18.3 Å². The van der Waals surface area contributed by atoms with Crippen LogP contribution < -0.4 is 20.0 Å². The maximum absolute atomic E-state index is 12.5. The summed E-state index contributed by atoms with van der Waals surface area (Å²) in [6.07, 6.45) is 1.52. The van der Waals surface area contributed by atoms with Crippen LogP contribution in [0.3, 0.4) is 0 Å². The average molecular weight is 580 g/mol. The summed E-state index contributed by atoms with van der Waals surface area (Å²) < 4.78 is 16.1. The van der Waals surface area contributed by atoms with Crippen molar-refractivity contribution < 1.29 is 28.9 Å². The minimum atomic E-state index is -0.980. The second-order valence-electron chi connectivity index (χ2n) is 9.04. The van der Waals surface area contributed by atoms with Gasteiger partial charge in [0, 0.05) is 38.3 Å². The Labute approximate surface area is 238 Å². The minimum absolute atomic E-state index is 0.127. The van der Waals surface area contributed by atoms with Crippen molar-refractivity contribution in [3.8, 4) is 5.75 Å². The molecule has 3 heterocycles. The fraction of sp³-hybridized carbons (Fsp3) is 0.320. The maximum Gasteiger partial charge on any atom is 0.344 e. The van der Waals surface area contributed by atoms with Crippen LogP contribution in [0.1, 0.15) is 15.9 Å². The lowest BCUT2D eigenvalue weighted by Gasteiger charge is -2.30. The average Bonchev–Trinajstić information content (AvgIpc) is 3.02. The molecule has 0 bridgehead atoms. The number of nitro benzene ring substituents is 2. The summed E-state index contributed by atoms with van der Waals surface area (Å²) >= 11 is 0. The molecule has 218 valence electrons. The van der Waals surface area contributed by atoms with Gasteiger partial charge in [0.1, 0.15) is 5.75 Å². The van der Waals surface area contributed by atoms with Gasteiger partial charge in [0.15, 0.2) is 0 Å². The molecule has 5 rings (SSSR count). The third kappa shape index (κ3) is 7.07. The van der Waals surface area contributed by atoms with E-state index in [1.54, 1.807) is 12.1 Å². The maximum atomic E-state index is 12.5. The van der Waals surface area contributed by atoms with Gasteiger partial charge in [-0.2, -0.15) is 20.1 Å². The lowest BCUT2D eigenvalue weighted by Crippen LogP contribution is -2.40. The molecule has 17 nitrogen and oxygen atoms in total. The molecule has 0 aliphatic carbocycles. The molecule has 1 N–H and O–H groups in total. The highest BCUT2D eigenvalue weighted by Gasteiger charge is 2.22. The highest BCUT2D eigenvalue weighted by Crippen LogP contribution is 2.24. The number of nitrogens with one attached hydrogen (secondary N) is 1. The van der Waals surface area contributed by atoms with Crippen molar-refractivity contribution >= 4 is 41.4 Å². The van der Waals surface area contributed by atoms with Gasteiger partial charge >= 0.3 is 5.97 Å². The third-order valence-corrected chi connectivity index (χ3v) is 6.23. The van der Waals surface area contributed by atoms with Gasteiger partial charge in [-0.3, -0.25) is 20.2 Å². The van der Waals surface area contributed by atoms with Crippen molar-refractivity contribution in [1.29, 1.82) is 0 Å². The first-order valence-electron chi connectivity index (χ1n) is 12.8. The Morgan fingerprint density at radius 3 is 1.88 bits per heavy atom. The van der Waals surface area contributed by atoms with Crippen LogP contribution in [0.15, 0.2) is 47.6 Å². The summed E-state index contributed by atoms with van der Waals surface area (Å²) in [5.41, 5.74) is 1.97. The Morgan fingerprint density at radius 2 is 1.38 bits per heavy atom. The number of anilines is 3. The second kappa shape index (κ2) is 12.9. The Morgan fingerprint density at radius 1 is 0.857 bits per heavy atom. The van der Waals surface area contributed by atoms with Crippen LogP contribution >= 0.6 is 0 Å². The molecule has 0 radical (unpaired) electrons. The number of hydrogen-bond acceptors (Lipinski definition) is 15. The number of carbonyl (C=O) groups is 1. The highest BCUT2D eigenvalue weighted by molar-refractivity contribution is 5.92. The molecule has 2 aromatic carbocycles. The topological polar surface area (TPSA) is 201 Å². The summed E-state index contributed by atoms with van der Waals surface area (Å²) in [6, 6.07) is 8.81. The number of benzene rings is 2. The van der Waals surface area contributed by atoms with Crippen molar-refractivity contribution in [2.45, 2.75) is 0 Å². The molecular weight excluding hydrogens is 554 g/mol. The van der Waals surface area contributed by atoms with Crippen LogP contribution in [-0.4, -0.2) is 89.6 Å². The van der Waals surface area contributed by atoms with E-state index in [9.17, 15) is 25.0 Å². The van der Waals surface area contributed by atoms with Crippen molar-refractivity contribution in [3.63, 3.8) is 0 Å². The number of aromatic nitrogens is 3. The van der Waals surface area contributed by atoms with Crippen molar-refractivity contribution in [1.82, 2.24) is 15.0 Å². The fourth-order valence-electron chi connectivity index (χ4n) is 4.09. The number of hydrazone groups is 1. The number of hydrogen-bond donors (Lipinski definition) is 1. The molecule has 2 saturated heterocycles. The first-order valence-corrected chi connectivity index (χ1v) is 12.8. The number of ether oxygens (including phenoxy) is 3. The number of rotatable bonds is 9. The molecule has 2 aliphatic rings. The lowest BCUT2D eigenvalue weighted by atomic mass is 10.1. The van der Waals surface area contributed by atoms with Crippen LogP contribution in [0.2, 0.25) is 0 Å². The van der Waals surface area contributed by atoms with E-state index in [-0.39, 0.29) is 17.3 Å². The van der Waals surface area contributed by atoms with Crippen molar-refractivity contribution in [3.05, 3.63) is 73.8 Å². The Bertz CT molecular complexity index is 1420. The molecule has 0 spiro atoms. The molecule has 17 heteroatoms. The van der Waals surface area contributed by atoms with Crippen LogP contribution in [0, 0.1) is 20.2 Å². The number of nitro groups is 2. The number of carbonyl (C=O) groups excluding carboxylic acids is 1. The van der Waals surface area contributed by atoms with E-state index >= 15 is 0 Å². The number of nitrogens with zero attached hydrogens (tertiary/aromatic N) is 8. The SMILES string of the molecule is O=C(Oc1ccc(C=NNc2nc(N3CCOCC3)nc(N3CCOCC3)n2)cc1)c1cc([N+](=O)[O-])cc([N+](=O)[O-])c1. The standard InChI is InChI=1S/C25H25N9O8/c35-22(18-13-19(33(36)37)15-20(14-18)34(38)39)42-21-3-1-17(2-4-21)16-26-30-23-27-24(31-5-9-40-10-6-31)29-25(28-23)32-7-11-41-12-8-32/h1-4,13-16H,5-12H2,(H,27,28,29,30). The summed E-state index contributed by atoms with van der Waals surface area (Å²) in [5, 5.41) is 26.4. The van der Waals surface area contributed by atoms with Gasteiger partial charge in [-0.05, 0) is 29.8 Å². The predicted octanol–water partition coefficient (Wildman–Crippen LogP) is 2.03. The van der Waals surface area contributed by atoms with Crippen molar-refractivity contribution in [2.75, 3.05) is 67.8 Å². The largest absolute Gasteiger partial charge is 0.423 e. The Balaban J connectivity index is 1.26. The molecule has 2 aliphatic heterocycles. The second-order valence-corrected chi connectivity index (χ2v) is 9.04. The van der Waals surface area contributed by atoms with Gasteiger partial charge in [0.2, 0.25) is 17.8 Å². The van der Waals surface area contributed by atoms with Gasteiger partial charge in [0.25, 0.3) is 11.4 Å². The van der Waals surface area contributed by atoms with Gasteiger partial charge in [-0.15, -0.1) is 0 Å². The molecule has 0 saturated carbocycles. The fourth-order valence-corrected chi connectivity index (χ4v) is 4.09. The van der Waals surface area contributed by atoms with E-state index in [1.807, 2.05) is 9.80 Å². The van der Waals surface area contributed by atoms with Crippen LogP contribution in [0.4, 0.5) is 29.2 Å². The van der Waals surface area contributed by atoms with Gasteiger partial charge in [-0.25, -0.2) is 10.2 Å². The zero-order valence-electron chi connectivity index (χ0n) is 22.1. The highest BCUT2D eigenvalue weighted by atomic mass is 16.6. The quantitative estimate of drug-likeness (QED) is 0.127. The molecule has 0 unspecified atom stereocenters. The number of non-ortho nitro benzene ring substituents is 2. The van der Waals surface area contributed by atoms with Crippen LogP contribution in [0.25, 0.3) is 0 Å². The van der Waals surface area contributed by atoms with Crippen LogP contribution in [0.5, 0.6) is 5.75 Å². The molecular formula is C25H25N9O8. The molecule has 0 atom stereocenters. The smallest absolute Gasteiger partial charge is 0.344 e. The van der Waals surface area contributed by atoms with E-state index in [2.05, 4.69) is 25.5 Å². The third-order valence-electron chi connectivity index (χ3n) is 6.23. The Kier molecular flexibility index (Phi) is 8.69. The predicted molar refractivity (Wildman–Crippen MR) is 148 cm³/mol. The van der Waals surface area contributed by atoms with Gasteiger partial charge in [0.05, 0.1) is 54.1 Å². The summed E-state index contributed by atoms with van der Waals surface area (Å²) in [7, 11) is 0. The first kappa shape index (κ1) is 28.2. The minimum Gasteiger partial charge on any atom is -0.423 e. The summed E-state index contributed by atoms with van der Waals surface area (Å²) in [5.74, 6) is 0.454. The first-order chi connectivity index (χ1) is 20.4. The van der Waals surface area contributed by atoms with E-state index in [0.29, 0.717) is 70.1 Å².